The Balaban J connectivity index is 1.50. The fourth-order valence-corrected chi connectivity index (χ4v) is 4.81. The van der Waals surface area contributed by atoms with Gasteiger partial charge in [0.25, 0.3) is 0 Å². The van der Waals surface area contributed by atoms with Gasteiger partial charge in [-0.05, 0) is 43.4 Å². The number of hydrogen-bond donors (Lipinski definition) is 1. The maximum absolute atomic E-state index is 12.6. The molecule has 2 fully saturated rings. The summed E-state index contributed by atoms with van der Waals surface area (Å²) in [4.78, 5) is 26.9. The lowest BCUT2D eigenvalue weighted by molar-refractivity contribution is -0.144. The van der Waals surface area contributed by atoms with E-state index in [4.69, 9.17) is 4.74 Å². The van der Waals surface area contributed by atoms with Crippen LogP contribution in [0.1, 0.15) is 58.4 Å². The minimum atomic E-state index is -0.475. The van der Waals surface area contributed by atoms with E-state index in [1.165, 1.54) is 19.3 Å². The molecule has 0 radical (unpaired) electrons. The van der Waals surface area contributed by atoms with E-state index in [9.17, 15) is 9.59 Å². The second-order valence-electron chi connectivity index (χ2n) is 8.78. The summed E-state index contributed by atoms with van der Waals surface area (Å²) in [7, 11) is 0. The van der Waals surface area contributed by atoms with E-state index < -0.39 is 5.41 Å². The minimum Gasteiger partial charge on any atom is -0.490 e. The van der Waals surface area contributed by atoms with Crippen LogP contribution in [-0.2, 0) is 16.1 Å². The Labute approximate surface area is 172 Å². The average Bonchev–Trinajstić information content (AvgIpc) is 3.16. The van der Waals surface area contributed by atoms with Gasteiger partial charge in [-0.1, -0.05) is 39.3 Å². The number of thioether (sulfide) groups is 1. The maximum atomic E-state index is 12.6. The molecule has 1 N–H and O–H groups in total. The molecule has 154 valence electrons. The van der Waals surface area contributed by atoms with Crippen molar-refractivity contribution < 1.29 is 14.3 Å². The predicted octanol–water partition coefficient (Wildman–Crippen LogP) is 3.96. The van der Waals surface area contributed by atoms with Gasteiger partial charge in [-0.15, -0.1) is 11.8 Å². The molecule has 2 amide bonds. The van der Waals surface area contributed by atoms with E-state index in [1.54, 1.807) is 16.7 Å². The van der Waals surface area contributed by atoms with Crippen LogP contribution in [0, 0.1) is 5.41 Å². The molecular weight excluding hydrogens is 372 g/mol. The van der Waals surface area contributed by atoms with Crippen molar-refractivity contribution in [1.29, 1.82) is 0 Å². The van der Waals surface area contributed by atoms with Crippen molar-refractivity contribution in [2.75, 3.05) is 11.6 Å². The molecule has 0 spiro atoms. The number of carbonyl (C=O) groups is 2. The zero-order chi connectivity index (χ0) is 20.1. The van der Waals surface area contributed by atoms with Crippen LogP contribution in [0.15, 0.2) is 24.3 Å². The Hall–Kier alpha value is -1.69. The lowest BCUT2D eigenvalue weighted by atomic mass is 9.94. The molecule has 2 aliphatic rings. The van der Waals surface area contributed by atoms with Crippen LogP contribution in [-0.4, -0.2) is 40.5 Å². The van der Waals surface area contributed by atoms with Crippen molar-refractivity contribution in [1.82, 2.24) is 10.2 Å². The fourth-order valence-electron chi connectivity index (χ4n) is 3.66. The molecule has 1 aliphatic heterocycles. The summed E-state index contributed by atoms with van der Waals surface area (Å²) >= 11 is 1.63. The molecule has 1 aromatic rings. The highest BCUT2D eigenvalue weighted by Crippen LogP contribution is 2.28. The highest BCUT2D eigenvalue weighted by atomic mass is 32.2. The van der Waals surface area contributed by atoms with Gasteiger partial charge >= 0.3 is 0 Å². The van der Waals surface area contributed by atoms with Gasteiger partial charge in [0.05, 0.1) is 12.0 Å². The first kappa shape index (κ1) is 21.0. The number of nitrogens with zero attached hydrogens (tertiary/aromatic N) is 1. The SMILES string of the molecule is CC(C)(C)C(=O)N1CSCC1C(=O)NCc1ccc(OC2CCCCC2)cc1. The molecule has 1 aromatic carbocycles. The largest absolute Gasteiger partial charge is 0.490 e. The summed E-state index contributed by atoms with van der Waals surface area (Å²) in [5, 5.41) is 2.99. The molecule has 1 unspecified atom stereocenters. The van der Waals surface area contributed by atoms with E-state index in [-0.39, 0.29) is 17.9 Å². The molecule has 1 atom stereocenters. The molecular formula is C22H32N2O3S. The number of ether oxygens (including phenoxy) is 1. The van der Waals surface area contributed by atoms with Crippen molar-refractivity contribution in [2.45, 2.75) is 71.6 Å². The van der Waals surface area contributed by atoms with Gasteiger partial charge in [0.15, 0.2) is 0 Å². The first-order chi connectivity index (χ1) is 13.3. The standard InChI is InChI=1S/C22H32N2O3S/c1-22(2,3)21(26)24-15-28-14-19(24)20(25)23-13-16-9-11-18(12-10-16)27-17-7-5-4-6-8-17/h9-12,17,19H,4-8,13-15H2,1-3H3,(H,23,25). The predicted molar refractivity (Wildman–Crippen MR) is 113 cm³/mol. The van der Waals surface area contributed by atoms with E-state index in [2.05, 4.69) is 5.32 Å². The van der Waals surface area contributed by atoms with Crippen LogP contribution in [0.5, 0.6) is 5.75 Å². The first-order valence-electron chi connectivity index (χ1n) is 10.3. The summed E-state index contributed by atoms with van der Waals surface area (Å²) in [5.41, 5.74) is 0.557. The Kier molecular flexibility index (Phi) is 6.91. The van der Waals surface area contributed by atoms with Gasteiger partial charge in [-0.25, -0.2) is 0 Å². The number of carbonyl (C=O) groups excluding carboxylic acids is 2. The monoisotopic (exact) mass is 404 g/mol. The molecule has 6 heteroatoms. The molecule has 3 rings (SSSR count). The molecule has 5 nitrogen and oxygen atoms in total. The number of nitrogens with one attached hydrogen (secondary N) is 1. The van der Waals surface area contributed by atoms with Gasteiger partial charge in [0.1, 0.15) is 11.8 Å². The summed E-state index contributed by atoms with van der Waals surface area (Å²) in [5.74, 6) is 2.09. The first-order valence-corrected chi connectivity index (χ1v) is 11.4. The van der Waals surface area contributed by atoms with Gasteiger partial charge < -0.3 is 15.0 Å². The lowest BCUT2D eigenvalue weighted by Gasteiger charge is -2.29. The van der Waals surface area contributed by atoms with Crippen molar-refractivity contribution >= 4 is 23.6 Å². The van der Waals surface area contributed by atoms with E-state index in [1.807, 2.05) is 45.0 Å². The van der Waals surface area contributed by atoms with E-state index in [0.29, 0.717) is 24.3 Å². The molecule has 1 saturated carbocycles. The van der Waals surface area contributed by atoms with Gasteiger partial charge in [0, 0.05) is 17.7 Å². The van der Waals surface area contributed by atoms with E-state index in [0.717, 1.165) is 24.2 Å². The zero-order valence-electron chi connectivity index (χ0n) is 17.2. The summed E-state index contributed by atoms with van der Waals surface area (Å²) in [6.07, 6.45) is 6.44. The lowest BCUT2D eigenvalue weighted by Crippen LogP contribution is -2.50. The average molecular weight is 405 g/mol. The number of rotatable bonds is 5. The van der Waals surface area contributed by atoms with Crippen LogP contribution in [0.25, 0.3) is 0 Å². The number of benzene rings is 1. The molecule has 0 bridgehead atoms. The summed E-state index contributed by atoms with van der Waals surface area (Å²) < 4.78 is 6.06. The van der Waals surface area contributed by atoms with Gasteiger partial charge in [-0.2, -0.15) is 0 Å². The quantitative estimate of drug-likeness (QED) is 0.807. The molecule has 1 aliphatic carbocycles. The topological polar surface area (TPSA) is 58.6 Å². The third-order valence-electron chi connectivity index (χ3n) is 5.33. The van der Waals surface area contributed by atoms with Crippen LogP contribution in [0.4, 0.5) is 0 Å². The normalized spacial score (nSPS) is 20.8. The van der Waals surface area contributed by atoms with E-state index >= 15 is 0 Å². The smallest absolute Gasteiger partial charge is 0.243 e. The minimum absolute atomic E-state index is 0.0295. The number of hydrogen-bond acceptors (Lipinski definition) is 4. The zero-order valence-corrected chi connectivity index (χ0v) is 18.0. The maximum Gasteiger partial charge on any atom is 0.243 e. The molecule has 1 heterocycles. The summed E-state index contributed by atoms with van der Waals surface area (Å²) in [6.45, 7) is 6.14. The summed E-state index contributed by atoms with van der Waals surface area (Å²) in [6, 6.07) is 7.58. The Morgan fingerprint density at radius 1 is 1.14 bits per heavy atom. The van der Waals surface area contributed by atoms with Crippen molar-refractivity contribution in [3.05, 3.63) is 29.8 Å². The Bertz CT molecular complexity index is 678. The van der Waals surface area contributed by atoms with Crippen LogP contribution < -0.4 is 10.1 Å². The van der Waals surface area contributed by atoms with Gasteiger partial charge in [0.2, 0.25) is 11.8 Å². The second-order valence-corrected chi connectivity index (χ2v) is 9.78. The Morgan fingerprint density at radius 3 is 2.46 bits per heavy atom. The van der Waals surface area contributed by atoms with Crippen LogP contribution in [0.3, 0.4) is 0 Å². The van der Waals surface area contributed by atoms with Gasteiger partial charge in [-0.3, -0.25) is 9.59 Å². The Morgan fingerprint density at radius 2 is 1.82 bits per heavy atom. The second kappa shape index (κ2) is 9.21. The van der Waals surface area contributed by atoms with Crippen LogP contribution >= 0.6 is 11.8 Å². The molecule has 0 aromatic heterocycles. The fraction of sp³-hybridized carbons (Fsp3) is 0.636. The highest BCUT2D eigenvalue weighted by molar-refractivity contribution is 7.99. The van der Waals surface area contributed by atoms with Crippen LogP contribution in [0.2, 0.25) is 0 Å². The third-order valence-corrected chi connectivity index (χ3v) is 6.34. The number of amides is 2. The third kappa shape index (κ3) is 5.43. The molecule has 1 saturated heterocycles. The molecule has 28 heavy (non-hydrogen) atoms. The highest BCUT2D eigenvalue weighted by Gasteiger charge is 2.38. The van der Waals surface area contributed by atoms with Crippen molar-refractivity contribution in [3.63, 3.8) is 0 Å². The van der Waals surface area contributed by atoms with Crippen molar-refractivity contribution in [3.8, 4) is 5.75 Å². The van der Waals surface area contributed by atoms with Crippen molar-refractivity contribution in [2.24, 2.45) is 5.41 Å².